The van der Waals surface area contributed by atoms with Gasteiger partial charge in [0.2, 0.25) is 5.91 Å². The maximum absolute atomic E-state index is 12.5. The highest BCUT2D eigenvalue weighted by molar-refractivity contribution is 5.91. The highest BCUT2D eigenvalue weighted by Gasteiger charge is 2.53. The van der Waals surface area contributed by atoms with Gasteiger partial charge >= 0.3 is 0 Å². The van der Waals surface area contributed by atoms with Gasteiger partial charge in [0, 0.05) is 18.8 Å². The Bertz CT molecular complexity index is 444. The molecule has 2 N–H and O–H groups in total. The molecule has 1 aromatic rings. The minimum Gasteiger partial charge on any atom is -0.399 e. The van der Waals surface area contributed by atoms with Crippen molar-refractivity contribution in [2.45, 2.75) is 37.1 Å². The van der Waals surface area contributed by atoms with Crippen LogP contribution in [0.3, 0.4) is 0 Å². The van der Waals surface area contributed by atoms with Crippen LogP contribution in [-0.2, 0) is 10.2 Å². The van der Waals surface area contributed by atoms with Crippen LogP contribution in [0.2, 0.25) is 0 Å². The molecule has 0 atom stereocenters. The van der Waals surface area contributed by atoms with Crippen LogP contribution in [0, 0.1) is 0 Å². The molecule has 3 heteroatoms. The normalized spacial score (nSPS) is 21.0. The maximum Gasteiger partial charge on any atom is 0.233 e. The van der Waals surface area contributed by atoms with Crippen LogP contribution in [-0.4, -0.2) is 23.9 Å². The van der Waals surface area contributed by atoms with Crippen molar-refractivity contribution in [3.05, 3.63) is 29.8 Å². The lowest BCUT2D eigenvalue weighted by Gasteiger charge is -2.23. The van der Waals surface area contributed by atoms with Crippen molar-refractivity contribution < 1.29 is 4.79 Å². The van der Waals surface area contributed by atoms with Crippen molar-refractivity contribution in [2.24, 2.45) is 0 Å². The number of rotatable bonds is 3. The van der Waals surface area contributed by atoms with E-state index in [2.05, 4.69) is 0 Å². The van der Waals surface area contributed by atoms with Gasteiger partial charge in [-0.15, -0.1) is 0 Å². The second-order valence-electron chi connectivity index (χ2n) is 5.35. The van der Waals surface area contributed by atoms with Gasteiger partial charge in [-0.1, -0.05) is 12.1 Å². The summed E-state index contributed by atoms with van der Waals surface area (Å²) in [4.78, 5) is 14.4. The first-order valence-corrected chi connectivity index (χ1v) is 6.27. The molecule has 3 rings (SSSR count). The van der Waals surface area contributed by atoms with E-state index in [9.17, 15) is 4.79 Å². The SMILES string of the molecule is CN(C(=O)C1(c2ccc(N)cc2)CC1)C1CC1. The van der Waals surface area contributed by atoms with Crippen molar-refractivity contribution in [3.8, 4) is 0 Å². The molecular formula is C14H18N2O. The molecule has 0 radical (unpaired) electrons. The van der Waals surface area contributed by atoms with Crippen LogP contribution in [0.4, 0.5) is 5.69 Å². The van der Waals surface area contributed by atoms with Crippen molar-refractivity contribution >= 4 is 11.6 Å². The van der Waals surface area contributed by atoms with Crippen molar-refractivity contribution in [1.29, 1.82) is 0 Å². The van der Waals surface area contributed by atoms with Crippen molar-refractivity contribution in [2.75, 3.05) is 12.8 Å². The molecule has 0 unspecified atom stereocenters. The van der Waals surface area contributed by atoms with Gasteiger partial charge < -0.3 is 10.6 Å². The standard InChI is InChI=1S/C14H18N2O/c1-16(12-6-7-12)13(17)14(8-9-14)10-2-4-11(15)5-3-10/h2-5,12H,6-9,15H2,1H3. The Labute approximate surface area is 102 Å². The summed E-state index contributed by atoms with van der Waals surface area (Å²) < 4.78 is 0. The molecule has 2 aliphatic rings. The van der Waals surface area contributed by atoms with Gasteiger partial charge in [0.1, 0.15) is 0 Å². The number of benzene rings is 1. The Balaban J connectivity index is 1.85. The Morgan fingerprint density at radius 3 is 2.35 bits per heavy atom. The predicted molar refractivity (Wildman–Crippen MR) is 67.6 cm³/mol. The number of hydrogen-bond donors (Lipinski definition) is 1. The summed E-state index contributed by atoms with van der Waals surface area (Å²) in [6.45, 7) is 0. The van der Waals surface area contributed by atoms with Gasteiger partial charge in [0.05, 0.1) is 5.41 Å². The summed E-state index contributed by atoms with van der Waals surface area (Å²) >= 11 is 0. The van der Waals surface area contributed by atoms with Crippen LogP contribution in [0.1, 0.15) is 31.2 Å². The van der Waals surface area contributed by atoms with Gasteiger partial charge in [-0.25, -0.2) is 0 Å². The smallest absolute Gasteiger partial charge is 0.233 e. The number of nitrogens with zero attached hydrogens (tertiary/aromatic N) is 1. The van der Waals surface area contributed by atoms with Gasteiger partial charge in [0.15, 0.2) is 0 Å². The molecule has 0 aromatic heterocycles. The van der Waals surface area contributed by atoms with E-state index >= 15 is 0 Å². The Morgan fingerprint density at radius 1 is 1.29 bits per heavy atom. The first kappa shape index (κ1) is 10.6. The summed E-state index contributed by atoms with van der Waals surface area (Å²) in [7, 11) is 1.94. The van der Waals surface area contributed by atoms with E-state index in [-0.39, 0.29) is 5.41 Å². The number of carbonyl (C=O) groups excluding carboxylic acids is 1. The molecule has 3 nitrogen and oxygen atoms in total. The molecule has 90 valence electrons. The zero-order valence-electron chi connectivity index (χ0n) is 10.1. The number of nitrogen functional groups attached to an aromatic ring is 1. The molecule has 0 saturated heterocycles. The van der Waals surface area contributed by atoms with Crippen LogP contribution in [0.15, 0.2) is 24.3 Å². The average molecular weight is 230 g/mol. The molecule has 0 heterocycles. The van der Waals surface area contributed by atoms with Crippen LogP contribution in [0.25, 0.3) is 0 Å². The summed E-state index contributed by atoms with van der Waals surface area (Å²) in [6.07, 6.45) is 4.29. The summed E-state index contributed by atoms with van der Waals surface area (Å²) in [5.41, 5.74) is 7.34. The average Bonchev–Trinajstić information content (AvgIpc) is 3.19. The third-order valence-corrected chi connectivity index (χ3v) is 4.04. The Morgan fingerprint density at radius 2 is 1.88 bits per heavy atom. The van der Waals surface area contributed by atoms with Crippen molar-refractivity contribution in [3.63, 3.8) is 0 Å². The number of hydrogen-bond acceptors (Lipinski definition) is 2. The summed E-state index contributed by atoms with van der Waals surface area (Å²) in [5, 5.41) is 0. The van der Waals surface area contributed by atoms with E-state index in [1.807, 2.05) is 36.2 Å². The van der Waals surface area contributed by atoms with Crippen LogP contribution in [0.5, 0.6) is 0 Å². The van der Waals surface area contributed by atoms with Gasteiger partial charge in [-0.05, 0) is 43.4 Å². The number of amides is 1. The summed E-state index contributed by atoms with van der Waals surface area (Å²) in [6, 6.07) is 8.27. The fourth-order valence-electron chi connectivity index (χ4n) is 2.52. The van der Waals surface area contributed by atoms with Crippen LogP contribution >= 0.6 is 0 Å². The molecule has 2 saturated carbocycles. The quantitative estimate of drug-likeness (QED) is 0.806. The minimum atomic E-state index is -0.231. The highest BCUT2D eigenvalue weighted by Crippen LogP contribution is 2.50. The molecule has 1 amide bonds. The summed E-state index contributed by atoms with van der Waals surface area (Å²) in [5.74, 6) is 0.296. The van der Waals surface area contributed by atoms with Gasteiger partial charge in [0.25, 0.3) is 0 Å². The van der Waals surface area contributed by atoms with E-state index < -0.39 is 0 Å². The fourth-order valence-corrected chi connectivity index (χ4v) is 2.52. The molecule has 2 fully saturated rings. The zero-order chi connectivity index (χ0) is 12.0. The molecular weight excluding hydrogens is 212 g/mol. The lowest BCUT2D eigenvalue weighted by molar-refractivity contribution is -0.133. The largest absolute Gasteiger partial charge is 0.399 e. The van der Waals surface area contributed by atoms with Gasteiger partial charge in [-0.3, -0.25) is 4.79 Å². The lowest BCUT2D eigenvalue weighted by atomic mass is 9.94. The highest BCUT2D eigenvalue weighted by atomic mass is 16.2. The molecule has 0 aliphatic heterocycles. The molecule has 2 aliphatic carbocycles. The Kier molecular flexibility index (Phi) is 2.18. The molecule has 0 spiro atoms. The number of nitrogens with two attached hydrogens (primary N) is 1. The third kappa shape index (κ3) is 1.70. The fraction of sp³-hybridized carbons (Fsp3) is 0.500. The zero-order valence-corrected chi connectivity index (χ0v) is 10.1. The van der Waals surface area contributed by atoms with E-state index in [1.54, 1.807) is 0 Å². The monoisotopic (exact) mass is 230 g/mol. The predicted octanol–water partition coefficient (Wildman–Crippen LogP) is 1.92. The maximum atomic E-state index is 12.5. The van der Waals surface area contributed by atoms with E-state index in [1.165, 1.54) is 12.8 Å². The van der Waals surface area contributed by atoms with E-state index in [0.29, 0.717) is 11.9 Å². The van der Waals surface area contributed by atoms with Gasteiger partial charge in [-0.2, -0.15) is 0 Å². The molecule has 1 aromatic carbocycles. The van der Waals surface area contributed by atoms with E-state index in [0.717, 1.165) is 24.1 Å². The number of likely N-dealkylation sites (N-methyl/N-ethyl adjacent to an activating group) is 1. The van der Waals surface area contributed by atoms with E-state index in [4.69, 9.17) is 5.73 Å². The van der Waals surface area contributed by atoms with Crippen LogP contribution < -0.4 is 5.73 Å². The molecule has 17 heavy (non-hydrogen) atoms. The Hall–Kier alpha value is -1.51. The second-order valence-corrected chi connectivity index (χ2v) is 5.35. The first-order chi connectivity index (χ1) is 8.13. The number of carbonyl (C=O) groups is 1. The number of anilines is 1. The topological polar surface area (TPSA) is 46.3 Å². The second kappa shape index (κ2) is 3.49. The lowest BCUT2D eigenvalue weighted by Crippen LogP contribution is -2.37. The van der Waals surface area contributed by atoms with Crippen molar-refractivity contribution in [1.82, 2.24) is 4.90 Å². The first-order valence-electron chi connectivity index (χ1n) is 6.27. The minimum absolute atomic E-state index is 0.231. The molecule has 0 bridgehead atoms. The third-order valence-electron chi connectivity index (χ3n) is 4.04.